The predicted octanol–water partition coefficient (Wildman–Crippen LogP) is -0.0193. The van der Waals surface area contributed by atoms with Crippen LogP contribution in [-0.4, -0.2) is 47.1 Å². The van der Waals surface area contributed by atoms with Gasteiger partial charge in [-0.1, -0.05) is 0 Å². The third-order valence-electron chi connectivity index (χ3n) is 2.76. The number of aliphatic carboxylic acids is 1. The summed E-state index contributed by atoms with van der Waals surface area (Å²) >= 11 is 0. The van der Waals surface area contributed by atoms with Crippen LogP contribution in [0, 0.1) is 0 Å². The Balaban J connectivity index is 2.44. The Morgan fingerprint density at radius 3 is 2.80 bits per heavy atom. The van der Waals surface area contributed by atoms with Gasteiger partial charge in [-0.25, -0.2) is 4.79 Å². The highest BCUT2D eigenvalue weighted by molar-refractivity contribution is 5.76. The second kappa shape index (κ2) is 4.47. The number of aliphatic hydroxyl groups is 1. The number of β-amino-alcohol motifs (C(OH)–C–C–N with tert-alkyl or cyclic N) is 1. The zero-order valence-corrected chi connectivity index (χ0v) is 9.25. The molecule has 2 unspecified atom stereocenters. The highest BCUT2D eigenvalue weighted by Crippen LogP contribution is 2.18. The molecule has 0 saturated carbocycles. The molecule has 5 heteroatoms. The van der Waals surface area contributed by atoms with Gasteiger partial charge < -0.3 is 20.3 Å². The monoisotopic (exact) mass is 217 g/mol. The molecular formula is C10H19NO4. The summed E-state index contributed by atoms with van der Waals surface area (Å²) in [6.45, 7) is 4.61. The summed E-state index contributed by atoms with van der Waals surface area (Å²) < 4.78 is 5.32. The summed E-state index contributed by atoms with van der Waals surface area (Å²) in [5, 5.41) is 21.3. The van der Waals surface area contributed by atoms with Crippen molar-refractivity contribution in [3.63, 3.8) is 0 Å². The van der Waals surface area contributed by atoms with Crippen molar-refractivity contribution in [1.82, 2.24) is 5.32 Å². The van der Waals surface area contributed by atoms with Gasteiger partial charge in [0.1, 0.15) is 0 Å². The normalized spacial score (nSPS) is 30.9. The zero-order valence-electron chi connectivity index (χ0n) is 9.25. The van der Waals surface area contributed by atoms with Crippen LogP contribution >= 0.6 is 0 Å². The lowest BCUT2D eigenvalue weighted by Crippen LogP contribution is -2.55. The van der Waals surface area contributed by atoms with Crippen LogP contribution in [0.25, 0.3) is 0 Å². The molecule has 1 heterocycles. The minimum atomic E-state index is -1.72. The maximum absolute atomic E-state index is 10.7. The van der Waals surface area contributed by atoms with Crippen LogP contribution in [0.3, 0.4) is 0 Å². The van der Waals surface area contributed by atoms with Gasteiger partial charge >= 0.3 is 5.97 Å². The van der Waals surface area contributed by atoms with Crippen molar-refractivity contribution in [3.8, 4) is 0 Å². The average Bonchev–Trinajstić information content (AvgIpc) is 2.16. The number of hydrogen-bond acceptors (Lipinski definition) is 4. The van der Waals surface area contributed by atoms with Gasteiger partial charge in [0.15, 0.2) is 5.60 Å². The van der Waals surface area contributed by atoms with Crippen LogP contribution in [0.4, 0.5) is 0 Å². The minimum Gasteiger partial charge on any atom is -0.479 e. The van der Waals surface area contributed by atoms with Gasteiger partial charge in [0.05, 0.1) is 6.61 Å². The molecule has 1 fully saturated rings. The quantitative estimate of drug-likeness (QED) is 0.617. The number of hydrogen-bond donors (Lipinski definition) is 3. The van der Waals surface area contributed by atoms with Gasteiger partial charge in [0, 0.05) is 18.7 Å². The molecule has 0 aliphatic carbocycles. The van der Waals surface area contributed by atoms with Crippen LogP contribution in [-0.2, 0) is 9.53 Å². The van der Waals surface area contributed by atoms with E-state index in [0.717, 1.165) is 19.4 Å². The van der Waals surface area contributed by atoms with Crippen LogP contribution in [0.5, 0.6) is 0 Å². The van der Waals surface area contributed by atoms with Gasteiger partial charge in [-0.05, 0) is 26.7 Å². The topological polar surface area (TPSA) is 78.8 Å². The Morgan fingerprint density at radius 1 is 1.67 bits per heavy atom. The minimum absolute atomic E-state index is 0.0300. The Morgan fingerprint density at radius 2 is 2.33 bits per heavy atom. The summed E-state index contributed by atoms with van der Waals surface area (Å²) in [5.74, 6) is -1.21. The zero-order chi connectivity index (χ0) is 11.5. The average molecular weight is 217 g/mol. The maximum atomic E-state index is 10.7. The Hall–Kier alpha value is -0.650. The Kier molecular flexibility index (Phi) is 3.70. The van der Waals surface area contributed by atoms with E-state index in [1.54, 1.807) is 0 Å². The molecule has 1 aliphatic heterocycles. The van der Waals surface area contributed by atoms with E-state index in [1.807, 2.05) is 6.92 Å². The molecule has 0 bridgehead atoms. The van der Waals surface area contributed by atoms with Gasteiger partial charge in [-0.2, -0.15) is 0 Å². The number of carbonyl (C=O) groups is 1. The van der Waals surface area contributed by atoms with Gasteiger partial charge in [0.2, 0.25) is 0 Å². The van der Waals surface area contributed by atoms with E-state index in [2.05, 4.69) is 5.32 Å². The molecule has 0 radical (unpaired) electrons. The summed E-state index contributed by atoms with van der Waals surface area (Å²) in [6, 6.07) is 0. The molecule has 88 valence electrons. The highest BCUT2D eigenvalue weighted by atomic mass is 16.5. The molecule has 0 spiro atoms. The smallest absolute Gasteiger partial charge is 0.336 e. The molecule has 5 nitrogen and oxygen atoms in total. The van der Waals surface area contributed by atoms with Crippen LogP contribution in [0.2, 0.25) is 0 Å². The molecule has 0 amide bonds. The molecule has 0 aromatic rings. The summed E-state index contributed by atoms with van der Waals surface area (Å²) in [5.41, 5.74) is -1.95. The van der Waals surface area contributed by atoms with E-state index < -0.39 is 11.6 Å². The third-order valence-corrected chi connectivity index (χ3v) is 2.76. The standard InChI is InChI=1S/C10H19NO4/c1-9(4-3-5-15-7-9)11-6-10(2,14)8(12)13/h11,14H,3-7H2,1-2H3,(H,12,13). The first-order valence-corrected chi connectivity index (χ1v) is 5.14. The molecule has 1 rings (SSSR count). The van der Waals surface area contributed by atoms with Crippen molar-refractivity contribution in [2.75, 3.05) is 19.8 Å². The predicted molar refractivity (Wildman–Crippen MR) is 54.7 cm³/mol. The second-order valence-electron chi connectivity index (χ2n) is 4.65. The van der Waals surface area contributed by atoms with E-state index in [9.17, 15) is 9.90 Å². The van der Waals surface area contributed by atoms with E-state index in [0.29, 0.717) is 6.61 Å². The maximum Gasteiger partial charge on any atom is 0.336 e. The summed E-state index contributed by atoms with van der Waals surface area (Å²) in [7, 11) is 0. The van der Waals surface area contributed by atoms with Crippen LogP contribution < -0.4 is 5.32 Å². The largest absolute Gasteiger partial charge is 0.479 e. The second-order valence-corrected chi connectivity index (χ2v) is 4.65. The molecule has 3 N–H and O–H groups in total. The Labute approximate surface area is 89.4 Å². The van der Waals surface area contributed by atoms with Crippen molar-refractivity contribution >= 4 is 5.97 Å². The fraction of sp³-hybridized carbons (Fsp3) is 0.900. The molecular weight excluding hydrogens is 198 g/mol. The fourth-order valence-corrected chi connectivity index (χ4v) is 1.53. The molecule has 0 aromatic heterocycles. The van der Waals surface area contributed by atoms with Crippen molar-refractivity contribution in [2.24, 2.45) is 0 Å². The molecule has 2 atom stereocenters. The molecule has 0 aromatic carbocycles. The van der Waals surface area contributed by atoms with Crippen molar-refractivity contribution in [1.29, 1.82) is 0 Å². The van der Waals surface area contributed by atoms with Crippen LogP contribution in [0.1, 0.15) is 26.7 Å². The molecule has 15 heavy (non-hydrogen) atoms. The number of carboxylic acid groups (broad SMARTS) is 1. The van der Waals surface area contributed by atoms with Crippen molar-refractivity contribution in [2.45, 2.75) is 37.8 Å². The molecule has 1 saturated heterocycles. The van der Waals surface area contributed by atoms with E-state index in [1.165, 1.54) is 6.92 Å². The number of ether oxygens (including phenoxy) is 1. The van der Waals surface area contributed by atoms with Gasteiger partial charge in [0.25, 0.3) is 0 Å². The van der Waals surface area contributed by atoms with E-state index in [4.69, 9.17) is 9.84 Å². The summed E-state index contributed by atoms with van der Waals surface area (Å²) in [4.78, 5) is 10.7. The number of carboxylic acids is 1. The Bertz CT molecular complexity index is 234. The summed E-state index contributed by atoms with van der Waals surface area (Å²) in [6.07, 6.45) is 1.89. The SMILES string of the molecule is CC1(NCC(C)(O)C(=O)O)CCCOC1. The van der Waals surface area contributed by atoms with Gasteiger partial charge in [-0.3, -0.25) is 0 Å². The first-order chi connectivity index (χ1) is 6.86. The lowest BCUT2D eigenvalue weighted by atomic mass is 9.93. The lowest BCUT2D eigenvalue weighted by Gasteiger charge is -2.36. The fourth-order valence-electron chi connectivity index (χ4n) is 1.53. The number of rotatable bonds is 4. The van der Waals surface area contributed by atoms with Crippen molar-refractivity contribution < 1.29 is 19.7 Å². The first kappa shape index (κ1) is 12.4. The van der Waals surface area contributed by atoms with E-state index in [-0.39, 0.29) is 12.1 Å². The van der Waals surface area contributed by atoms with Gasteiger partial charge in [-0.15, -0.1) is 0 Å². The lowest BCUT2D eigenvalue weighted by molar-refractivity contribution is -0.156. The first-order valence-electron chi connectivity index (χ1n) is 5.14. The number of nitrogens with one attached hydrogen (secondary N) is 1. The van der Waals surface area contributed by atoms with Crippen molar-refractivity contribution in [3.05, 3.63) is 0 Å². The highest BCUT2D eigenvalue weighted by Gasteiger charge is 2.34. The van der Waals surface area contributed by atoms with Crippen LogP contribution in [0.15, 0.2) is 0 Å². The van der Waals surface area contributed by atoms with E-state index >= 15 is 0 Å². The molecule has 1 aliphatic rings. The third kappa shape index (κ3) is 3.44.